The molecule has 0 aliphatic carbocycles. The molecule has 3 nitrogen and oxygen atoms in total. The van der Waals surface area contributed by atoms with Crippen molar-refractivity contribution in [3.8, 4) is 0 Å². The smallest absolute Gasteiger partial charge is 0.244 e. The molecular formula is C9H18N2O. The van der Waals surface area contributed by atoms with E-state index in [2.05, 4.69) is 0 Å². The first-order chi connectivity index (χ1) is 5.15. The van der Waals surface area contributed by atoms with Crippen molar-refractivity contribution in [2.24, 2.45) is 0 Å². The molecule has 0 unspecified atom stereocenters. The molecule has 0 aromatic heterocycles. The Labute approximate surface area is 74.3 Å². The monoisotopic (exact) mass is 170 g/mol. The third-order valence-electron chi connectivity index (χ3n) is 1.79. The molecule has 1 heterocycles. The molecule has 0 bridgehead atoms. The van der Waals surface area contributed by atoms with E-state index >= 15 is 0 Å². The summed E-state index contributed by atoms with van der Waals surface area (Å²) in [4.78, 5) is 11.4. The molecule has 0 atom stereocenters. The van der Waals surface area contributed by atoms with Crippen LogP contribution in [0.4, 0.5) is 4.79 Å². The highest BCUT2D eigenvalue weighted by molar-refractivity contribution is 5.87. The van der Waals surface area contributed by atoms with Crippen molar-refractivity contribution < 1.29 is 4.79 Å². The van der Waals surface area contributed by atoms with Crippen molar-refractivity contribution in [2.75, 3.05) is 0 Å². The minimum absolute atomic E-state index is 0.0790. The van der Waals surface area contributed by atoms with Crippen LogP contribution in [0.2, 0.25) is 0 Å². The fourth-order valence-corrected chi connectivity index (χ4v) is 1.30. The summed E-state index contributed by atoms with van der Waals surface area (Å²) in [5, 5.41) is 3.60. The van der Waals surface area contributed by atoms with Gasteiger partial charge in [-0.3, -0.25) is 0 Å². The number of hydrazine groups is 1. The molecule has 0 N–H and O–H groups in total. The molecule has 1 fully saturated rings. The summed E-state index contributed by atoms with van der Waals surface area (Å²) in [6, 6.07) is 0.134. The van der Waals surface area contributed by atoms with E-state index in [4.69, 9.17) is 0 Å². The van der Waals surface area contributed by atoms with Crippen LogP contribution in [0.3, 0.4) is 0 Å². The van der Waals surface area contributed by atoms with Crippen molar-refractivity contribution >= 4 is 6.03 Å². The summed E-state index contributed by atoms with van der Waals surface area (Å²) in [6.45, 7) is 12.2. The Morgan fingerprint density at radius 1 is 0.833 bits per heavy atom. The highest BCUT2D eigenvalue weighted by Crippen LogP contribution is 2.36. The normalized spacial score (nSPS) is 18.7. The average molecular weight is 170 g/mol. The summed E-state index contributed by atoms with van der Waals surface area (Å²) in [6.07, 6.45) is 0. The molecule has 70 valence electrons. The minimum Gasteiger partial charge on any atom is -0.244 e. The highest BCUT2D eigenvalue weighted by atomic mass is 16.2. The molecule has 0 aromatic rings. The molecule has 0 radical (unpaired) electrons. The number of hydrogen-bond acceptors (Lipinski definition) is 1. The lowest BCUT2D eigenvalue weighted by atomic mass is 10.1. The molecule has 0 saturated carbocycles. The Bertz CT molecular complexity index is 188. The van der Waals surface area contributed by atoms with E-state index < -0.39 is 0 Å². The standard InChI is InChI=1S/C9H18N2O/c1-8(2,3)10-7(12)11(10)9(4,5)6/h1-6H3. The summed E-state index contributed by atoms with van der Waals surface area (Å²) in [5.41, 5.74) is -0.158. The third kappa shape index (κ3) is 1.40. The molecular weight excluding hydrogens is 152 g/mol. The third-order valence-corrected chi connectivity index (χ3v) is 1.79. The first kappa shape index (κ1) is 9.36. The van der Waals surface area contributed by atoms with Gasteiger partial charge in [0.05, 0.1) is 11.1 Å². The molecule has 1 aliphatic rings. The number of carbonyl (C=O) groups excluding carboxylic acids is 1. The number of urea groups is 1. The summed E-state index contributed by atoms with van der Waals surface area (Å²) in [5.74, 6) is 0. The van der Waals surface area contributed by atoms with Gasteiger partial charge in [0.15, 0.2) is 0 Å². The van der Waals surface area contributed by atoms with E-state index in [0.29, 0.717) is 0 Å². The van der Waals surface area contributed by atoms with Crippen LogP contribution in [0.25, 0.3) is 0 Å². The van der Waals surface area contributed by atoms with Crippen LogP contribution in [-0.2, 0) is 0 Å². The van der Waals surface area contributed by atoms with Gasteiger partial charge in [0, 0.05) is 0 Å². The van der Waals surface area contributed by atoms with E-state index in [1.165, 1.54) is 0 Å². The Morgan fingerprint density at radius 2 is 1.08 bits per heavy atom. The van der Waals surface area contributed by atoms with Gasteiger partial charge in [0.25, 0.3) is 0 Å². The van der Waals surface area contributed by atoms with E-state index in [1.54, 1.807) is 10.0 Å². The number of hydrogen-bond donors (Lipinski definition) is 0. The fraction of sp³-hybridized carbons (Fsp3) is 0.889. The van der Waals surface area contributed by atoms with Crippen LogP contribution >= 0.6 is 0 Å². The van der Waals surface area contributed by atoms with Crippen LogP contribution in [0.1, 0.15) is 41.5 Å². The van der Waals surface area contributed by atoms with Crippen molar-refractivity contribution in [1.82, 2.24) is 10.0 Å². The Kier molecular flexibility index (Phi) is 1.68. The van der Waals surface area contributed by atoms with Gasteiger partial charge < -0.3 is 0 Å². The van der Waals surface area contributed by atoms with Crippen molar-refractivity contribution in [3.63, 3.8) is 0 Å². The Balaban J connectivity index is 2.73. The molecule has 1 aliphatic heterocycles. The zero-order chi connectivity index (χ0) is 9.73. The lowest BCUT2D eigenvalue weighted by Gasteiger charge is -2.26. The van der Waals surface area contributed by atoms with Gasteiger partial charge in [-0.1, -0.05) is 0 Å². The van der Waals surface area contributed by atoms with Gasteiger partial charge >= 0.3 is 6.03 Å². The van der Waals surface area contributed by atoms with Crippen LogP contribution in [0, 0.1) is 0 Å². The SMILES string of the molecule is CC(C)(C)N1C(=O)N1C(C)(C)C. The van der Waals surface area contributed by atoms with Crippen LogP contribution < -0.4 is 0 Å². The molecule has 0 aromatic carbocycles. The molecule has 1 rings (SSSR count). The summed E-state index contributed by atoms with van der Waals surface area (Å²) in [7, 11) is 0. The molecule has 1 saturated heterocycles. The van der Waals surface area contributed by atoms with E-state index in [0.717, 1.165) is 0 Å². The summed E-state index contributed by atoms with van der Waals surface area (Å²) >= 11 is 0. The molecule has 2 amide bonds. The maximum atomic E-state index is 11.4. The fourth-order valence-electron chi connectivity index (χ4n) is 1.30. The second-order valence-electron chi connectivity index (χ2n) is 5.25. The first-order valence-corrected chi connectivity index (χ1v) is 4.30. The molecule has 3 heteroatoms. The van der Waals surface area contributed by atoms with Gasteiger partial charge in [-0.2, -0.15) is 0 Å². The van der Waals surface area contributed by atoms with Gasteiger partial charge in [-0.05, 0) is 41.5 Å². The molecule has 0 spiro atoms. The zero-order valence-corrected chi connectivity index (χ0v) is 8.80. The van der Waals surface area contributed by atoms with Crippen LogP contribution in [0.15, 0.2) is 0 Å². The number of carbonyl (C=O) groups is 1. The van der Waals surface area contributed by atoms with Crippen molar-refractivity contribution in [3.05, 3.63) is 0 Å². The second-order valence-corrected chi connectivity index (χ2v) is 5.25. The number of rotatable bonds is 0. The van der Waals surface area contributed by atoms with Crippen LogP contribution in [0.5, 0.6) is 0 Å². The predicted octanol–water partition coefficient (Wildman–Crippen LogP) is 2.24. The number of amides is 2. The number of nitrogens with zero attached hydrogens (tertiary/aromatic N) is 2. The second kappa shape index (κ2) is 2.15. The lowest BCUT2D eigenvalue weighted by Crippen LogP contribution is -2.36. The van der Waals surface area contributed by atoms with Gasteiger partial charge in [-0.25, -0.2) is 14.8 Å². The maximum Gasteiger partial charge on any atom is 0.358 e. The largest absolute Gasteiger partial charge is 0.358 e. The lowest BCUT2D eigenvalue weighted by molar-refractivity contribution is 0.110. The van der Waals surface area contributed by atoms with Gasteiger partial charge in [0.2, 0.25) is 0 Å². The van der Waals surface area contributed by atoms with Crippen LogP contribution in [-0.4, -0.2) is 27.1 Å². The average Bonchev–Trinajstić information content (AvgIpc) is 2.35. The Morgan fingerprint density at radius 3 is 1.17 bits per heavy atom. The molecule has 12 heavy (non-hydrogen) atoms. The minimum atomic E-state index is -0.0790. The van der Waals surface area contributed by atoms with Crippen molar-refractivity contribution in [1.29, 1.82) is 0 Å². The maximum absolute atomic E-state index is 11.4. The Hall–Kier alpha value is -0.730. The first-order valence-electron chi connectivity index (χ1n) is 4.30. The van der Waals surface area contributed by atoms with Crippen molar-refractivity contribution in [2.45, 2.75) is 52.6 Å². The van der Waals surface area contributed by atoms with E-state index in [1.807, 2.05) is 41.5 Å². The highest BCUT2D eigenvalue weighted by Gasteiger charge is 2.54. The van der Waals surface area contributed by atoms with E-state index in [-0.39, 0.29) is 17.1 Å². The van der Waals surface area contributed by atoms with Gasteiger partial charge in [0.1, 0.15) is 0 Å². The summed E-state index contributed by atoms with van der Waals surface area (Å²) < 4.78 is 0. The predicted molar refractivity (Wildman–Crippen MR) is 48.6 cm³/mol. The van der Waals surface area contributed by atoms with E-state index in [9.17, 15) is 4.79 Å². The zero-order valence-electron chi connectivity index (χ0n) is 8.80. The quantitative estimate of drug-likeness (QED) is 0.511. The van der Waals surface area contributed by atoms with Gasteiger partial charge in [-0.15, -0.1) is 0 Å². The topological polar surface area (TPSA) is 23.1 Å².